The van der Waals surface area contributed by atoms with E-state index < -0.39 is 41.5 Å². The standard InChI is InChI=1S/C31H39F2N3O4S/c1-18(2)12-25(36-16-21(10-11-35(5)6)13-23(29(32)33)31(36)40)30(39)34-24(15-27(37)38)22-14-26(41-17-22)28-19(3)8-7-9-20(28)4/h7-9,13-14,16-18,24-25,29H,10-12,15H2,1-6H3,(H,34,39)(H,37,38)/t24-,25+/m0/s1. The van der Waals surface area contributed by atoms with Crippen LogP contribution in [0.4, 0.5) is 8.78 Å². The number of likely N-dealkylation sites (N-methyl/N-ethyl adjacent to an activating group) is 1. The Balaban J connectivity index is 2.02. The predicted molar refractivity (Wildman–Crippen MR) is 159 cm³/mol. The van der Waals surface area contributed by atoms with Crippen LogP contribution in [0.2, 0.25) is 0 Å². The van der Waals surface area contributed by atoms with Crippen molar-refractivity contribution in [2.75, 3.05) is 20.6 Å². The molecule has 1 aromatic carbocycles. The van der Waals surface area contributed by atoms with Gasteiger partial charge in [-0.25, -0.2) is 8.78 Å². The lowest BCUT2D eigenvalue weighted by Crippen LogP contribution is -2.41. The van der Waals surface area contributed by atoms with Gasteiger partial charge in [0.15, 0.2) is 0 Å². The maximum atomic E-state index is 13.9. The predicted octanol–water partition coefficient (Wildman–Crippen LogP) is 6.15. The van der Waals surface area contributed by atoms with Gasteiger partial charge in [0.2, 0.25) is 5.91 Å². The number of halogens is 2. The van der Waals surface area contributed by atoms with Crippen molar-refractivity contribution in [1.82, 2.24) is 14.8 Å². The molecule has 3 rings (SSSR count). The SMILES string of the molecule is Cc1cccc(C)c1-c1cc([C@H](CC(=O)O)NC(=O)[C@@H](CC(C)C)n2cc(CCN(C)C)cc(C(F)F)c2=O)cs1. The van der Waals surface area contributed by atoms with Crippen molar-refractivity contribution in [3.8, 4) is 10.4 Å². The fourth-order valence-corrected chi connectivity index (χ4v) is 6.06. The Morgan fingerprint density at radius 3 is 2.34 bits per heavy atom. The van der Waals surface area contributed by atoms with Crippen molar-refractivity contribution < 1.29 is 23.5 Å². The summed E-state index contributed by atoms with van der Waals surface area (Å²) < 4.78 is 28.9. The maximum Gasteiger partial charge on any atom is 0.305 e. The highest BCUT2D eigenvalue weighted by atomic mass is 32.1. The number of hydrogen-bond acceptors (Lipinski definition) is 5. The largest absolute Gasteiger partial charge is 0.481 e. The second kappa shape index (κ2) is 14.0. The average molecular weight is 588 g/mol. The molecule has 10 heteroatoms. The molecule has 41 heavy (non-hydrogen) atoms. The van der Waals surface area contributed by atoms with Crippen molar-refractivity contribution in [3.63, 3.8) is 0 Å². The Labute approximate surface area is 243 Å². The molecular weight excluding hydrogens is 548 g/mol. The van der Waals surface area contributed by atoms with Gasteiger partial charge in [-0.05, 0) is 92.0 Å². The highest BCUT2D eigenvalue weighted by Crippen LogP contribution is 2.35. The zero-order valence-electron chi connectivity index (χ0n) is 24.4. The minimum Gasteiger partial charge on any atom is -0.481 e. The summed E-state index contributed by atoms with van der Waals surface area (Å²) in [6, 6.07) is 7.12. The Kier molecular flexibility index (Phi) is 11.0. The van der Waals surface area contributed by atoms with Crippen LogP contribution in [0, 0.1) is 19.8 Å². The van der Waals surface area contributed by atoms with E-state index in [1.807, 2.05) is 76.3 Å². The number of aryl methyl sites for hydroxylation is 2. The summed E-state index contributed by atoms with van der Waals surface area (Å²) >= 11 is 1.46. The Morgan fingerprint density at radius 2 is 1.78 bits per heavy atom. The number of hydrogen-bond donors (Lipinski definition) is 2. The normalized spacial score (nSPS) is 13.1. The van der Waals surface area contributed by atoms with E-state index in [9.17, 15) is 28.3 Å². The third-order valence-electron chi connectivity index (χ3n) is 6.99. The summed E-state index contributed by atoms with van der Waals surface area (Å²) in [6.45, 7) is 8.34. The number of pyridine rings is 1. The quantitative estimate of drug-likeness (QED) is 0.250. The lowest BCUT2D eigenvalue weighted by Gasteiger charge is -2.25. The number of aliphatic carboxylic acids is 1. The number of benzene rings is 1. The lowest BCUT2D eigenvalue weighted by molar-refractivity contribution is -0.138. The number of rotatable bonds is 13. The minimum atomic E-state index is -3.00. The number of nitrogens with one attached hydrogen (secondary N) is 1. The van der Waals surface area contributed by atoms with Crippen molar-refractivity contribution in [2.45, 2.75) is 65.5 Å². The molecule has 0 saturated carbocycles. The van der Waals surface area contributed by atoms with Gasteiger partial charge in [0.1, 0.15) is 6.04 Å². The molecule has 2 atom stereocenters. The van der Waals surface area contributed by atoms with E-state index in [1.54, 1.807) is 0 Å². The van der Waals surface area contributed by atoms with E-state index in [1.165, 1.54) is 23.6 Å². The van der Waals surface area contributed by atoms with E-state index in [-0.39, 0.29) is 18.8 Å². The molecule has 0 radical (unpaired) electrons. The van der Waals surface area contributed by atoms with Gasteiger partial charge >= 0.3 is 5.97 Å². The number of aromatic nitrogens is 1. The van der Waals surface area contributed by atoms with Crippen LogP contribution in [0.1, 0.15) is 73.0 Å². The minimum absolute atomic E-state index is 0.0483. The Bertz CT molecular complexity index is 1410. The molecule has 2 heterocycles. The molecule has 222 valence electrons. The Hall–Kier alpha value is -3.37. The first-order valence-corrected chi connectivity index (χ1v) is 14.5. The smallest absolute Gasteiger partial charge is 0.305 e. The highest BCUT2D eigenvalue weighted by molar-refractivity contribution is 7.13. The van der Waals surface area contributed by atoms with Crippen molar-refractivity contribution in [1.29, 1.82) is 0 Å². The molecule has 0 fully saturated rings. The molecule has 7 nitrogen and oxygen atoms in total. The first-order valence-electron chi connectivity index (χ1n) is 13.6. The van der Waals surface area contributed by atoms with Gasteiger partial charge < -0.3 is 19.9 Å². The summed E-state index contributed by atoms with van der Waals surface area (Å²) in [5, 5.41) is 14.3. The van der Waals surface area contributed by atoms with E-state index in [0.29, 0.717) is 24.1 Å². The van der Waals surface area contributed by atoms with Crippen LogP contribution in [0.5, 0.6) is 0 Å². The first kappa shape index (κ1) is 32.1. The summed E-state index contributed by atoms with van der Waals surface area (Å²) in [4.78, 5) is 41.6. The van der Waals surface area contributed by atoms with Crippen molar-refractivity contribution in [2.24, 2.45) is 5.92 Å². The lowest BCUT2D eigenvalue weighted by atomic mass is 9.98. The Morgan fingerprint density at radius 1 is 1.12 bits per heavy atom. The molecule has 1 amide bonds. The van der Waals surface area contributed by atoms with Crippen LogP contribution >= 0.6 is 11.3 Å². The molecule has 0 saturated heterocycles. The summed E-state index contributed by atoms with van der Waals surface area (Å²) in [6.07, 6.45) is -1.25. The van der Waals surface area contributed by atoms with Crippen molar-refractivity contribution in [3.05, 3.63) is 80.1 Å². The van der Waals surface area contributed by atoms with E-state index in [2.05, 4.69) is 5.32 Å². The van der Waals surface area contributed by atoms with Crippen LogP contribution in [-0.4, -0.2) is 47.1 Å². The molecule has 0 aliphatic heterocycles. The fraction of sp³-hybridized carbons (Fsp3) is 0.452. The van der Waals surface area contributed by atoms with Gasteiger partial charge in [0.05, 0.1) is 18.0 Å². The number of alkyl halides is 2. The topological polar surface area (TPSA) is 91.6 Å². The second-order valence-electron chi connectivity index (χ2n) is 11.2. The number of thiophene rings is 1. The summed E-state index contributed by atoms with van der Waals surface area (Å²) in [7, 11) is 3.72. The second-order valence-corrected chi connectivity index (χ2v) is 12.1. The molecule has 0 aliphatic rings. The zero-order chi connectivity index (χ0) is 30.4. The third kappa shape index (κ3) is 8.33. The van der Waals surface area contributed by atoms with Crippen molar-refractivity contribution >= 4 is 23.2 Å². The first-order chi connectivity index (χ1) is 19.3. The van der Waals surface area contributed by atoms with Crippen LogP contribution in [0.15, 0.2) is 46.7 Å². The molecule has 0 aliphatic carbocycles. The summed E-state index contributed by atoms with van der Waals surface area (Å²) in [5.74, 6) is -1.73. The van der Waals surface area contributed by atoms with Gasteiger partial charge in [0.25, 0.3) is 12.0 Å². The van der Waals surface area contributed by atoms with Crippen LogP contribution in [0.25, 0.3) is 10.4 Å². The molecule has 3 aromatic rings. The third-order valence-corrected chi connectivity index (χ3v) is 7.95. The average Bonchev–Trinajstić information content (AvgIpc) is 3.35. The molecule has 0 unspecified atom stereocenters. The van der Waals surface area contributed by atoms with Crippen LogP contribution in [0.3, 0.4) is 0 Å². The monoisotopic (exact) mass is 587 g/mol. The van der Waals surface area contributed by atoms with Gasteiger partial charge in [-0.15, -0.1) is 11.3 Å². The molecule has 2 N–H and O–H groups in total. The van der Waals surface area contributed by atoms with Gasteiger partial charge in [-0.3, -0.25) is 14.4 Å². The van der Waals surface area contributed by atoms with E-state index in [0.717, 1.165) is 26.1 Å². The van der Waals surface area contributed by atoms with E-state index >= 15 is 0 Å². The van der Waals surface area contributed by atoms with E-state index in [4.69, 9.17) is 0 Å². The van der Waals surface area contributed by atoms with Gasteiger partial charge in [-0.1, -0.05) is 32.0 Å². The zero-order valence-corrected chi connectivity index (χ0v) is 25.2. The van der Waals surface area contributed by atoms with Crippen LogP contribution in [-0.2, 0) is 16.0 Å². The summed E-state index contributed by atoms with van der Waals surface area (Å²) in [5.41, 5.74) is 2.80. The highest BCUT2D eigenvalue weighted by Gasteiger charge is 2.29. The number of carboxylic acids is 1. The molecule has 0 spiro atoms. The number of nitrogens with zero attached hydrogens (tertiary/aromatic N) is 2. The van der Waals surface area contributed by atoms with Gasteiger partial charge in [-0.2, -0.15) is 0 Å². The number of carboxylic acid groups (broad SMARTS) is 1. The maximum absolute atomic E-state index is 13.9. The van der Waals surface area contributed by atoms with Gasteiger partial charge in [0, 0.05) is 17.6 Å². The number of carbonyl (C=O) groups excluding carboxylic acids is 1. The molecule has 2 aromatic heterocycles. The number of amides is 1. The fourth-order valence-electron chi connectivity index (χ4n) is 4.92. The number of carbonyl (C=O) groups is 2. The molecular formula is C31H39F2N3O4S. The van der Waals surface area contributed by atoms with Crippen LogP contribution < -0.4 is 10.9 Å². The molecule has 0 bridgehead atoms.